The first kappa shape index (κ1) is 13.6. The third-order valence-corrected chi connectivity index (χ3v) is 4.24. The van der Waals surface area contributed by atoms with Gasteiger partial charge < -0.3 is 9.55 Å². The fourth-order valence-electron chi connectivity index (χ4n) is 2.06. The number of aromatic nitrogens is 2. The lowest BCUT2D eigenvalue weighted by atomic mass is 10.2. The molecule has 0 aliphatic carbocycles. The number of nitrogens with one attached hydrogen (secondary N) is 1. The van der Waals surface area contributed by atoms with Crippen LogP contribution >= 0.6 is 24.0 Å². The van der Waals surface area contributed by atoms with Crippen molar-refractivity contribution < 1.29 is 4.39 Å². The molecule has 0 radical (unpaired) electrons. The van der Waals surface area contributed by atoms with E-state index in [-0.39, 0.29) is 11.9 Å². The molecule has 1 heterocycles. The Hall–Kier alpha value is -0.810. The van der Waals surface area contributed by atoms with Crippen LogP contribution < -0.4 is 0 Å². The Morgan fingerprint density at radius 1 is 1.50 bits per heavy atom. The van der Waals surface area contributed by atoms with Crippen molar-refractivity contribution >= 4 is 35.0 Å². The van der Waals surface area contributed by atoms with Crippen LogP contribution in [0.2, 0.25) is 0 Å². The molecule has 2 rings (SSSR count). The number of fused-ring (bicyclic) bond motifs is 1. The molecule has 1 unspecified atom stereocenters. The quantitative estimate of drug-likeness (QED) is 0.642. The van der Waals surface area contributed by atoms with Gasteiger partial charge in [0, 0.05) is 6.04 Å². The van der Waals surface area contributed by atoms with E-state index in [0.717, 1.165) is 29.0 Å². The Morgan fingerprint density at radius 2 is 2.28 bits per heavy atom. The first-order chi connectivity index (χ1) is 8.63. The van der Waals surface area contributed by atoms with Crippen molar-refractivity contribution in [2.45, 2.75) is 26.3 Å². The maximum Gasteiger partial charge on any atom is 0.178 e. The molecular weight excluding hydrogens is 267 g/mol. The molecule has 0 aliphatic heterocycles. The van der Waals surface area contributed by atoms with Crippen LogP contribution in [0.1, 0.15) is 26.3 Å². The standard InChI is InChI=1S/C13H17FN2S2/c1-3-18-7-6-9(2)16-12-8-10(14)4-5-11(12)15-13(16)17/h4-5,8-9H,3,6-7H2,1-2H3,(H,15,17). The van der Waals surface area contributed by atoms with Crippen LogP contribution in [0.4, 0.5) is 4.39 Å². The monoisotopic (exact) mass is 284 g/mol. The molecule has 0 amide bonds. The molecule has 0 fully saturated rings. The molecule has 0 bridgehead atoms. The molecule has 1 atom stereocenters. The first-order valence-corrected chi connectivity index (χ1v) is 7.67. The number of benzene rings is 1. The van der Waals surface area contributed by atoms with Crippen molar-refractivity contribution in [1.82, 2.24) is 9.55 Å². The normalized spacial score (nSPS) is 13.1. The second kappa shape index (κ2) is 5.89. The molecular formula is C13H17FN2S2. The number of imidazole rings is 1. The fourth-order valence-corrected chi connectivity index (χ4v) is 3.24. The molecule has 1 aromatic heterocycles. The van der Waals surface area contributed by atoms with Crippen LogP contribution in [-0.4, -0.2) is 21.1 Å². The number of rotatable bonds is 5. The molecule has 18 heavy (non-hydrogen) atoms. The summed E-state index contributed by atoms with van der Waals surface area (Å²) in [4.78, 5) is 3.13. The number of H-pyrrole nitrogens is 1. The molecule has 1 N–H and O–H groups in total. The van der Waals surface area contributed by atoms with Gasteiger partial charge in [0.05, 0.1) is 11.0 Å². The Morgan fingerprint density at radius 3 is 3.00 bits per heavy atom. The predicted molar refractivity (Wildman–Crippen MR) is 79.4 cm³/mol. The maximum absolute atomic E-state index is 13.3. The zero-order valence-corrected chi connectivity index (χ0v) is 12.2. The SMILES string of the molecule is CCSCCC(C)n1c(=S)[nH]c2ccc(F)cc21. The van der Waals surface area contributed by atoms with E-state index in [9.17, 15) is 4.39 Å². The van der Waals surface area contributed by atoms with Crippen LogP contribution in [0.3, 0.4) is 0 Å². The van der Waals surface area contributed by atoms with Gasteiger partial charge in [0.1, 0.15) is 5.82 Å². The van der Waals surface area contributed by atoms with Crippen LogP contribution in [0.15, 0.2) is 18.2 Å². The van der Waals surface area contributed by atoms with Crippen LogP contribution in [0.5, 0.6) is 0 Å². The summed E-state index contributed by atoms with van der Waals surface area (Å²) in [5.74, 6) is 2.00. The Labute approximate surface area is 116 Å². The van der Waals surface area contributed by atoms with E-state index in [4.69, 9.17) is 12.2 Å². The molecule has 0 aliphatic rings. The van der Waals surface area contributed by atoms with Crippen molar-refractivity contribution in [3.63, 3.8) is 0 Å². The molecule has 2 nitrogen and oxygen atoms in total. The zero-order chi connectivity index (χ0) is 13.1. The highest BCUT2D eigenvalue weighted by atomic mass is 32.2. The van der Waals surface area contributed by atoms with E-state index in [1.54, 1.807) is 12.1 Å². The number of hydrogen-bond acceptors (Lipinski definition) is 2. The Kier molecular flexibility index (Phi) is 4.45. The highest BCUT2D eigenvalue weighted by Gasteiger charge is 2.11. The van der Waals surface area contributed by atoms with Gasteiger partial charge in [-0.05, 0) is 55.3 Å². The summed E-state index contributed by atoms with van der Waals surface area (Å²) in [5.41, 5.74) is 1.75. The van der Waals surface area contributed by atoms with Gasteiger partial charge in [0.25, 0.3) is 0 Å². The fraction of sp³-hybridized carbons (Fsp3) is 0.462. The zero-order valence-electron chi connectivity index (χ0n) is 10.6. The third kappa shape index (κ3) is 2.78. The minimum Gasteiger partial charge on any atom is -0.331 e. The van der Waals surface area contributed by atoms with Crippen molar-refractivity contribution in [2.24, 2.45) is 0 Å². The molecule has 2 aromatic rings. The smallest absolute Gasteiger partial charge is 0.178 e. The number of halogens is 1. The van der Waals surface area contributed by atoms with Crippen molar-refractivity contribution in [3.8, 4) is 0 Å². The summed E-state index contributed by atoms with van der Waals surface area (Å²) in [7, 11) is 0. The van der Waals surface area contributed by atoms with Gasteiger partial charge in [-0.15, -0.1) is 0 Å². The lowest BCUT2D eigenvalue weighted by molar-refractivity contribution is 0.541. The number of hydrogen-bond donors (Lipinski definition) is 1. The van der Waals surface area contributed by atoms with Crippen molar-refractivity contribution in [1.29, 1.82) is 0 Å². The van der Waals surface area contributed by atoms with E-state index in [2.05, 4.69) is 18.8 Å². The third-order valence-electron chi connectivity index (χ3n) is 3.00. The summed E-state index contributed by atoms with van der Waals surface area (Å²) >= 11 is 7.25. The van der Waals surface area contributed by atoms with Gasteiger partial charge in [0.15, 0.2) is 4.77 Å². The van der Waals surface area contributed by atoms with Crippen LogP contribution in [0, 0.1) is 10.6 Å². The van der Waals surface area contributed by atoms with Gasteiger partial charge in [-0.3, -0.25) is 0 Å². The molecule has 0 saturated carbocycles. The van der Waals surface area contributed by atoms with Crippen LogP contribution in [0.25, 0.3) is 11.0 Å². The number of thioether (sulfide) groups is 1. The van der Waals surface area contributed by atoms with E-state index in [1.165, 1.54) is 6.07 Å². The number of aromatic amines is 1. The molecule has 5 heteroatoms. The summed E-state index contributed by atoms with van der Waals surface area (Å²) in [5, 5.41) is 0. The molecule has 1 aromatic carbocycles. The summed E-state index contributed by atoms with van der Waals surface area (Å²) < 4.78 is 16.0. The van der Waals surface area contributed by atoms with Gasteiger partial charge in [0.2, 0.25) is 0 Å². The van der Waals surface area contributed by atoms with Gasteiger partial charge in [-0.1, -0.05) is 6.92 Å². The molecule has 0 saturated heterocycles. The summed E-state index contributed by atoms with van der Waals surface area (Å²) in [6.07, 6.45) is 1.04. The van der Waals surface area contributed by atoms with Gasteiger partial charge in [-0.2, -0.15) is 11.8 Å². The van der Waals surface area contributed by atoms with Gasteiger partial charge >= 0.3 is 0 Å². The second-order valence-electron chi connectivity index (χ2n) is 4.30. The van der Waals surface area contributed by atoms with Crippen molar-refractivity contribution in [3.05, 3.63) is 28.8 Å². The average molecular weight is 284 g/mol. The van der Waals surface area contributed by atoms with Crippen molar-refractivity contribution in [2.75, 3.05) is 11.5 Å². The average Bonchev–Trinajstić information content (AvgIpc) is 2.64. The van der Waals surface area contributed by atoms with Gasteiger partial charge in [-0.25, -0.2) is 4.39 Å². The van der Waals surface area contributed by atoms with Crippen LogP contribution in [-0.2, 0) is 0 Å². The summed E-state index contributed by atoms with van der Waals surface area (Å²) in [6, 6.07) is 5.03. The van der Waals surface area contributed by atoms with E-state index >= 15 is 0 Å². The molecule has 98 valence electrons. The first-order valence-electron chi connectivity index (χ1n) is 6.11. The lowest BCUT2D eigenvalue weighted by Crippen LogP contribution is -2.06. The Bertz CT molecular complexity index is 588. The largest absolute Gasteiger partial charge is 0.331 e. The summed E-state index contributed by atoms with van der Waals surface area (Å²) in [6.45, 7) is 4.28. The highest BCUT2D eigenvalue weighted by molar-refractivity contribution is 7.99. The Balaban J connectivity index is 2.34. The van der Waals surface area contributed by atoms with E-state index in [0.29, 0.717) is 4.77 Å². The predicted octanol–water partition coefficient (Wildman–Crippen LogP) is 4.54. The minimum absolute atomic E-state index is 0.222. The second-order valence-corrected chi connectivity index (χ2v) is 6.08. The van der Waals surface area contributed by atoms with E-state index in [1.807, 2.05) is 16.3 Å². The number of nitrogens with zero attached hydrogens (tertiary/aromatic N) is 1. The maximum atomic E-state index is 13.3. The highest BCUT2D eigenvalue weighted by Crippen LogP contribution is 2.23. The molecule has 0 spiro atoms. The lowest BCUT2D eigenvalue weighted by Gasteiger charge is -2.14. The van der Waals surface area contributed by atoms with E-state index < -0.39 is 0 Å². The minimum atomic E-state index is -0.222. The topological polar surface area (TPSA) is 20.7 Å².